The van der Waals surface area contributed by atoms with E-state index in [1.807, 2.05) is 0 Å². The van der Waals surface area contributed by atoms with Gasteiger partial charge in [-0.3, -0.25) is 10.1 Å². The van der Waals surface area contributed by atoms with E-state index in [9.17, 15) is 9.59 Å². The van der Waals surface area contributed by atoms with Crippen LogP contribution >= 0.6 is 11.3 Å². The van der Waals surface area contributed by atoms with Gasteiger partial charge in [0.15, 0.2) is 0 Å². The van der Waals surface area contributed by atoms with Crippen LogP contribution in [0.1, 0.15) is 47.8 Å². The van der Waals surface area contributed by atoms with Crippen molar-refractivity contribution >= 4 is 33.8 Å². The van der Waals surface area contributed by atoms with Crippen molar-refractivity contribution in [1.29, 1.82) is 0 Å². The fourth-order valence-corrected chi connectivity index (χ4v) is 3.53. The number of urea groups is 1. The van der Waals surface area contributed by atoms with Gasteiger partial charge in [0.1, 0.15) is 5.00 Å². The zero-order valence-electron chi connectivity index (χ0n) is 10.8. The fraction of sp³-hybridized carbons (Fsp3) is 0.385. The van der Waals surface area contributed by atoms with Crippen LogP contribution < -0.4 is 16.8 Å². The molecule has 1 aliphatic rings. The van der Waals surface area contributed by atoms with Crippen LogP contribution in [-0.4, -0.2) is 11.9 Å². The molecule has 0 saturated carbocycles. The van der Waals surface area contributed by atoms with E-state index in [2.05, 4.69) is 12.2 Å². The smallest absolute Gasteiger partial charge is 0.317 e. The Morgan fingerprint density at radius 1 is 1.26 bits per heavy atom. The Hall–Kier alpha value is -1.82. The van der Waals surface area contributed by atoms with Gasteiger partial charge >= 0.3 is 6.03 Å². The summed E-state index contributed by atoms with van der Waals surface area (Å²) in [5, 5.41) is 2.89. The van der Waals surface area contributed by atoms with Crippen LogP contribution in [0.2, 0.25) is 0 Å². The molecule has 0 spiro atoms. The van der Waals surface area contributed by atoms with Gasteiger partial charge in [0.05, 0.1) is 5.56 Å². The minimum absolute atomic E-state index is 0.324. The van der Waals surface area contributed by atoms with Gasteiger partial charge in [0, 0.05) is 4.88 Å². The van der Waals surface area contributed by atoms with Crippen LogP contribution in [-0.2, 0) is 0 Å². The normalized spacial score (nSPS) is 15.4. The molecule has 0 aromatic carbocycles. The third-order valence-electron chi connectivity index (χ3n) is 3.28. The summed E-state index contributed by atoms with van der Waals surface area (Å²) in [4.78, 5) is 23.3. The van der Waals surface area contributed by atoms with E-state index in [1.54, 1.807) is 6.07 Å². The van der Waals surface area contributed by atoms with Crippen molar-refractivity contribution in [2.45, 2.75) is 32.6 Å². The molecule has 5 nitrogen and oxygen atoms in total. The Kier molecular flexibility index (Phi) is 3.90. The molecule has 3 amide bonds. The van der Waals surface area contributed by atoms with E-state index in [1.165, 1.54) is 28.9 Å². The van der Waals surface area contributed by atoms with Crippen LogP contribution in [0.4, 0.5) is 9.80 Å². The maximum atomic E-state index is 11.4. The quantitative estimate of drug-likeness (QED) is 0.792. The van der Waals surface area contributed by atoms with E-state index in [-0.39, 0.29) is 0 Å². The van der Waals surface area contributed by atoms with Gasteiger partial charge in [-0.15, -0.1) is 11.3 Å². The highest BCUT2D eigenvalue weighted by Gasteiger charge is 2.19. The number of carbonyl (C=O) groups excluding carboxylic acids is 2. The molecule has 5 N–H and O–H groups in total. The Morgan fingerprint density at radius 3 is 2.53 bits per heavy atom. The number of primary amides is 2. The predicted octanol–water partition coefficient (Wildman–Crippen LogP) is 2.69. The molecule has 1 aromatic rings. The molecule has 0 unspecified atom stereocenters. The van der Waals surface area contributed by atoms with Crippen molar-refractivity contribution in [1.82, 2.24) is 0 Å². The van der Waals surface area contributed by atoms with Crippen LogP contribution in [0, 0.1) is 0 Å². The zero-order chi connectivity index (χ0) is 14.0. The minimum Gasteiger partial charge on any atom is -0.366 e. The summed E-state index contributed by atoms with van der Waals surface area (Å²) in [5.74, 6) is -0.555. The first-order valence-corrected chi connectivity index (χ1v) is 6.99. The molecule has 0 saturated heterocycles. The first kappa shape index (κ1) is 13.6. The van der Waals surface area contributed by atoms with E-state index in [0.29, 0.717) is 10.6 Å². The number of nitrogens with two attached hydrogens (primary N) is 2. The van der Waals surface area contributed by atoms with Crippen molar-refractivity contribution in [2.75, 3.05) is 5.32 Å². The van der Waals surface area contributed by atoms with Crippen molar-refractivity contribution in [3.63, 3.8) is 0 Å². The maximum Gasteiger partial charge on any atom is 0.317 e. The highest BCUT2D eigenvalue weighted by Crippen LogP contribution is 2.39. The van der Waals surface area contributed by atoms with Gasteiger partial charge in [-0.1, -0.05) is 5.57 Å². The second kappa shape index (κ2) is 5.44. The topological polar surface area (TPSA) is 98.2 Å². The van der Waals surface area contributed by atoms with Gasteiger partial charge in [-0.2, -0.15) is 0 Å². The molecule has 0 aliphatic heterocycles. The number of rotatable bonds is 3. The molecule has 0 bridgehead atoms. The Labute approximate surface area is 115 Å². The fourth-order valence-electron chi connectivity index (χ4n) is 2.32. The molecule has 0 fully saturated rings. The lowest BCUT2D eigenvalue weighted by atomic mass is 9.92. The van der Waals surface area contributed by atoms with Crippen molar-refractivity contribution in [3.05, 3.63) is 22.1 Å². The van der Waals surface area contributed by atoms with Crippen molar-refractivity contribution in [2.24, 2.45) is 11.5 Å². The maximum absolute atomic E-state index is 11.4. The summed E-state index contributed by atoms with van der Waals surface area (Å²) in [5.41, 5.74) is 13.4. The molecule has 1 aliphatic carbocycles. The molecular formula is C13H17N3O2S. The summed E-state index contributed by atoms with van der Waals surface area (Å²) in [6.45, 7) is 2.11. The minimum atomic E-state index is -0.690. The number of thiophene rings is 1. The van der Waals surface area contributed by atoms with E-state index in [4.69, 9.17) is 11.5 Å². The largest absolute Gasteiger partial charge is 0.366 e. The van der Waals surface area contributed by atoms with E-state index >= 15 is 0 Å². The number of carbonyl (C=O) groups is 2. The molecule has 0 atom stereocenters. The second-order valence-corrected chi connectivity index (χ2v) is 5.73. The summed E-state index contributed by atoms with van der Waals surface area (Å²) in [7, 11) is 0. The second-order valence-electron chi connectivity index (χ2n) is 4.67. The van der Waals surface area contributed by atoms with Gasteiger partial charge in [-0.05, 0) is 44.2 Å². The Morgan fingerprint density at radius 2 is 1.95 bits per heavy atom. The number of hydrogen-bond donors (Lipinski definition) is 3. The summed E-state index contributed by atoms with van der Waals surface area (Å²) < 4.78 is 0. The molecule has 0 radical (unpaired) electrons. The third-order valence-corrected chi connectivity index (χ3v) is 4.39. The first-order chi connectivity index (χ1) is 8.99. The van der Waals surface area contributed by atoms with Crippen molar-refractivity contribution in [3.8, 4) is 0 Å². The van der Waals surface area contributed by atoms with E-state index < -0.39 is 11.9 Å². The number of allylic oxidation sites excluding steroid dienone is 2. The summed E-state index contributed by atoms with van der Waals surface area (Å²) in [6, 6.07) is 1.06. The van der Waals surface area contributed by atoms with Crippen LogP contribution in [0.3, 0.4) is 0 Å². The average Bonchev–Trinajstić information content (AvgIpc) is 2.72. The lowest BCUT2D eigenvalue weighted by Crippen LogP contribution is -2.21. The van der Waals surface area contributed by atoms with E-state index in [0.717, 1.165) is 24.1 Å². The Bertz CT molecular complexity index is 560. The van der Waals surface area contributed by atoms with Crippen LogP contribution in [0.5, 0.6) is 0 Å². The van der Waals surface area contributed by atoms with Gasteiger partial charge in [0.25, 0.3) is 5.91 Å². The molecule has 1 heterocycles. The molecular weight excluding hydrogens is 262 g/mol. The number of anilines is 1. The summed E-state index contributed by atoms with van der Waals surface area (Å²) >= 11 is 1.36. The molecule has 19 heavy (non-hydrogen) atoms. The predicted molar refractivity (Wildman–Crippen MR) is 77.1 cm³/mol. The highest BCUT2D eigenvalue weighted by atomic mass is 32.1. The van der Waals surface area contributed by atoms with Crippen molar-refractivity contribution < 1.29 is 9.59 Å². The number of amides is 3. The SMILES string of the molecule is CC1=C(c2cc(C(N)=O)c(NC(N)=O)s2)CCCC1. The number of nitrogens with one attached hydrogen (secondary N) is 1. The summed E-state index contributed by atoms with van der Waals surface area (Å²) in [6.07, 6.45) is 4.43. The lowest BCUT2D eigenvalue weighted by molar-refractivity contribution is 0.100. The molecule has 6 heteroatoms. The standard InChI is InChI=1S/C13H17N3O2S/c1-7-4-2-3-5-8(7)10-6-9(11(14)17)12(19-10)16-13(15)18/h6H,2-5H2,1H3,(H2,14,17)(H3,15,16,18). The number of hydrogen-bond acceptors (Lipinski definition) is 3. The van der Waals surface area contributed by atoms with Crippen LogP contribution in [0.25, 0.3) is 5.57 Å². The highest BCUT2D eigenvalue weighted by molar-refractivity contribution is 7.17. The first-order valence-electron chi connectivity index (χ1n) is 6.18. The molecule has 2 rings (SSSR count). The average molecular weight is 279 g/mol. The van der Waals surface area contributed by atoms with Gasteiger partial charge in [-0.25, -0.2) is 4.79 Å². The van der Waals surface area contributed by atoms with Gasteiger partial charge in [0.2, 0.25) is 0 Å². The zero-order valence-corrected chi connectivity index (χ0v) is 11.6. The molecule has 1 aromatic heterocycles. The van der Waals surface area contributed by atoms with Gasteiger partial charge < -0.3 is 11.5 Å². The van der Waals surface area contributed by atoms with Crippen LogP contribution in [0.15, 0.2) is 11.6 Å². The molecule has 102 valence electrons. The third kappa shape index (κ3) is 2.96. The lowest BCUT2D eigenvalue weighted by Gasteiger charge is -2.16. The Balaban J connectivity index is 2.42. The monoisotopic (exact) mass is 279 g/mol.